The maximum atomic E-state index is 12.3. The zero-order valence-electron chi connectivity index (χ0n) is 15.5. The molecule has 26 heavy (non-hydrogen) atoms. The Morgan fingerprint density at radius 1 is 1.00 bits per heavy atom. The molecule has 6 heteroatoms. The van der Waals surface area contributed by atoms with Crippen molar-refractivity contribution < 1.29 is 9.59 Å². The maximum Gasteiger partial charge on any atom is 0.253 e. The first-order chi connectivity index (χ1) is 12.3. The van der Waals surface area contributed by atoms with Crippen molar-refractivity contribution in [2.75, 3.05) is 33.0 Å². The fourth-order valence-corrected chi connectivity index (χ4v) is 2.64. The molecule has 1 N–H and O–H groups in total. The molecule has 1 atom stereocenters. The molecule has 0 aliphatic carbocycles. The number of benzene rings is 2. The van der Waals surface area contributed by atoms with Gasteiger partial charge in [0.1, 0.15) is 0 Å². The van der Waals surface area contributed by atoms with Gasteiger partial charge in [-0.1, -0.05) is 23.7 Å². The van der Waals surface area contributed by atoms with Crippen molar-refractivity contribution in [2.45, 2.75) is 13.0 Å². The second-order valence-electron chi connectivity index (χ2n) is 6.47. The highest BCUT2D eigenvalue weighted by atomic mass is 35.5. The standard InChI is InChI=1S/C20H24ClN3O2/c1-14(15-5-9-17(21)10-6-15)24(4)13-19(25)22-18-11-7-16(8-12-18)20(26)23(2)3/h5-12,14H,13H2,1-4H3,(H,22,25)/t14-/m1/s1. The van der Waals surface area contributed by atoms with Gasteiger partial charge in [0.2, 0.25) is 5.91 Å². The van der Waals surface area contributed by atoms with Gasteiger partial charge >= 0.3 is 0 Å². The first-order valence-corrected chi connectivity index (χ1v) is 8.73. The summed E-state index contributed by atoms with van der Waals surface area (Å²) in [5, 5.41) is 3.55. The predicted molar refractivity (Wildman–Crippen MR) is 106 cm³/mol. The van der Waals surface area contributed by atoms with Gasteiger partial charge in [0.25, 0.3) is 5.91 Å². The average molecular weight is 374 g/mol. The van der Waals surface area contributed by atoms with E-state index in [1.54, 1.807) is 38.4 Å². The van der Waals surface area contributed by atoms with Crippen LogP contribution in [0.25, 0.3) is 0 Å². The number of nitrogens with one attached hydrogen (secondary N) is 1. The molecule has 0 bridgehead atoms. The van der Waals surface area contributed by atoms with Crippen LogP contribution in [0.3, 0.4) is 0 Å². The van der Waals surface area contributed by atoms with Crippen molar-refractivity contribution in [1.29, 1.82) is 0 Å². The van der Waals surface area contributed by atoms with E-state index in [-0.39, 0.29) is 24.4 Å². The Balaban J connectivity index is 1.93. The number of hydrogen-bond donors (Lipinski definition) is 1. The topological polar surface area (TPSA) is 52.7 Å². The molecule has 2 aromatic rings. The van der Waals surface area contributed by atoms with E-state index < -0.39 is 0 Å². The first kappa shape index (κ1) is 19.9. The Morgan fingerprint density at radius 3 is 2.12 bits per heavy atom. The van der Waals surface area contributed by atoms with E-state index in [1.807, 2.05) is 43.1 Å². The number of anilines is 1. The summed E-state index contributed by atoms with van der Waals surface area (Å²) < 4.78 is 0. The zero-order valence-corrected chi connectivity index (χ0v) is 16.2. The molecule has 0 fully saturated rings. The van der Waals surface area contributed by atoms with Crippen LogP contribution in [0.15, 0.2) is 48.5 Å². The van der Waals surface area contributed by atoms with E-state index in [1.165, 1.54) is 4.90 Å². The summed E-state index contributed by atoms with van der Waals surface area (Å²) in [4.78, 5) is 27.6. The number of nitrogens with zero attached hydrogens (tertiary/aromatic N) is 2. The zero-order chi connectivity index (χ0) is 19.3. The van der Waals surface area contributed by atoms with Crippen LogP contribution in [0.4, 0.5) is 5.69 Å². The largest absolute Gasteiger partial charge is 0.345 e. The van der Waals surface area contributed by atoms with Gasteiger partial charge in [-0.2, -0.15) is 0 Å². The van der Waals surface area contributed by atoms with Gasteiger partial charge < -0.3 is 10.2 Å². The minimum absolute atomic E-state index is 0.0700. The Bertz CT molecular complexity index is 758. The fourth-order valence-electron chi connectivity index (χ4n) is 2.51. The number of carbonyl (C=O) groups is 2. The molecular formula is C20H24ClN3O2. The summed E-state index contributed by atoms with van der Waals surface area (Å²) in [7, 11) is 5.31. The lowest BCUT2D eigenvalue weighted by molar-refractivity contribution is -0.117. The second kappa shape index (κ2) is 8.83. The van der Waals surface area contributed by atoms with E-state index in [4.69, 9.17) is 11.6 Å². The fraction of sp³-hybridized carbons (Fsp3) is 0.300. The lowest BCUT2D eigenvalue weighted by Crippen LogP contribution is -2.32. The van der Waals surface area contributed by atoms with Crippen LogP contribution in [0, 0.1) is 0 Å². The number of carbonyl (C=O) groups excluding carboxylic acids is 2. The highest BCUT2D eigenvalue weighted by Crippen LogP contribution is 2.20. The number of hydrogen-bond acceptors (Lipinski definition) is 3. The smallest absolute Gasteiger partial charge is 0.253 e. The Morgan fingerprint density at radius 2 is 1.58 bits per heavy atom. The Labute approximate surface area is 159 Å². The van der Waals surface area contributed by atoms with Crippen LogP contribution < -0.4 is 5.32 Å². The highest BCUT2D eigenvalue weighted by molar-refractivity contribution is 6.30. The molecule has 2 rings (SSSR count). The maximum absolute atomic E-state index is 12.3. The lowest BCUT2D eigenvalue weighted by atomic mass is 10.1. The molecule has 0 saturated carbocycles. The number of likely N-dealkylation sites (N-methyl/N-ethyl adjacent to an activating group) is 1. The van der Waals surface area contributed by atoms with Gasteiger partial charge in [-0.05, 0) is 55.9 Å². The summed E-state index contributed by atoms with van der Waals surface area (Å²) in [5.41, 5.74) is 2.34. The minimum Gasteiger partial charge on any atom is -0.345 e. The summed E-state index contributed by atoms with van der Waals surface area (Å²) >= 11 is 5.92. The molecular weight excluding hydrogens is 350 g/mol. The molecule has 0 saturated heterocycles. The van der Waals surface area contributed by atoms with Gasteiger partial charge in [-0.15, -0.1) is 0 Å². The Kier molecular flexibility index (Phi) is 6.77. The predicted octanol–water partition coefficient (Wildman–Crippen LogP) is 3.67. The van der Waals surface area contributed by atoms with Crippen molar-refractivity contribution in [3.63, 3.8) is 0 Å². The molecule has 0 aliphatic rings. The SMILES string of the molecule is C[C@H](c1ccc(Cl)cc1)N(C)CC(=O)Nc1ccc(C(=O)N(C)C)cc1. The second-order valence-corrected chi connectivity index (χ2v) is 6.90. The van der Waals surface area contributed by atoms with Crippen molar-refractivity contribution in [3.8, 4) is 0 Å². The molecule has 0 unspecified atom stereocenters. The molecule has 5 nitrogen and oxygen atoms in total. The minimum atomic E-state index is -0.111. The van der Waals surface area contributed by atoms with E-state index in [0.29, 0.717) is 16.3 Å². The van der Waals surface area contributed by atoms with Gasteiger partial charge in [0.15, 0.2) is 0 Å². The number of rotatable bonds is 6. The molecule has 138 valence electrons. The number of halogens is 1. The lowest BCUT2D eigenvalue weighted by Gasteiger charge is -2.24. The van der Waals surface area contributed by atoms with E-state index in [0.717, 1.165) is 5.56 Å². The van der Waals surface area contributed by atoms with Crippen molar-refractivity contribution in [1.82, 2.24) is 9.80 Å². The summed E-state index contributed by atoms with van der Waals surface area (Å²) in [6, 6.07) is 14.6. The molecule has 0 aromatic heterocycles. The third-order valence-electron chi connectivity index (χ3n) is 4.23. The summed E-state index contributed by atoms with van der Waals surface area (Å²) in [6.07, 6.45) is 0. The Hall–Kier alpha value is -2.37. The average Bonchev–Trinajstić information content (AvgIpc) is 2.61. The molecule has 0 aliphatic heterocycles. The third-order valence-corrected chi connectivity index (χ3v) is 4.48. The third kappa shape index (κ3) is 5.31. The van der Waals surface area contributed by atoms with E-state index in [9.17, 15) is 9.59 Å². The number of amides is 2. The van der Waals surface area contributed by atoms with Gasteiger partial charge in [0.05, 0.1) is 6.54 Å². The van der Waals surface area contributed by atoms with Gasteiger partial charge in [0, 0.05) is 36.4 Å². The first-order valence-electron chi connectivity index (χ1n) is 8.35. The molecule has 2 aromatic carbocycles. The van der Waals surface area contributed by atoms with Crippen LogP contribution in [0.1, 0.15) is 28.9 Å². The summed E-state index contributed by atoms with van der Waals surface area (Å²) in [5.74, 6) is -0.181. The molecule has 0 radical (unpaired) electrons. The van der Waals surface area contributed by atoms with Crippen molar-refractivity contribution in [2.24, 2.45) is 0 Å². The van der Waals surface area contributed by atoms with Crippen LogP contribution >= 0.6 is 11.6 Å². The van der Waals surface area contributed by atoms with Crippen molar-refractivity contribution >= 4 is 29.1 Å². The van der Waals surface area contributed by atoms with Crippen LogP contribution in [-0.2, 0) is 4.79 Å². The normalized spacial score (nSPS) is 11.9. The van der Waals surface area contributed by atoms with Gasteiger partial charge in [-0.25, -0.2) is 0 Å². The molecule has 0 spiro atoms. The molecule has 2 amide bonds. The van der Waals surface area contributed by atoms with Crippen LogP contribution in [-0.4, -0.2) is 49.3 Å². The van der Waals surface area contributed by atoms with E-state index in [2.05, 4.69) is 5.32 Å². The van der Waals surface area contributed by atoms with Crippen molar-refractivity contribution in [3.05, 3.63) is 64.7 Å². The summed E-state index contributed by atoms with van der Waals surface area (Å²) in [6.45, 7) is 2.29. The van der Waals surface area contributed by atoms with Crippen LogP contribution in [0.2, 0.25) is 5.02 Å². The van der Waals surface area contributed by atoms with Gasteiger partial charge in [-0.3, -0.25) is 14.5 Å². The highest BCUT2D eigenvalue weighted by Gasteiger charge is 2.15. The molecule has 0 heterocycles. The monoisotopic (exact) mass is 373 g/mol. The van der Waals surface area contributed by atoms with Crippen LogP contribution in [0.5, 0.6) is 0 Å². The quantitative estimate of drug-likeness (QED) is 0.840. The van der Waals surface area contributed by atoms with E-state index >= 15 is 0 Å².